The zero-order valence-corrected chi connectivity index (χ0v) is 10.6. The predicted molar refractivity (Wildman–Crippen MR) is 70.5 cm³/mol. The first kappa shape index (κ1) is 11.4. The van der Waals surface area contributed by atoms with Crippen molar-refractivity contribution in [2.45, 2.75) is 38.3 Å². The van der Waals surface area contributed by atoms with Crippen molar-refractivity contribution in [2.75, 3.05) is 0 Å². The molecule has 1 N–H and O–H groups in total. The Morgan fingerprint density at radius 1 is 1.28 bits per heavy atom. The van der Waals surface area contributed by atoms with E-state index in [0.29, 0.717) is 5.54 Å². The highest BCUT2D eigenvalue weighted by Crippen LogP contribution is 2.31. The maximum atomic E-state index is 4.49. The van der Waals surface area contributed by atoms with E-state index in [1.54, 1.807) is 4.80 Å². The fourth-order valence-corrected chi connectivity index (χ4v) is 2.25. The van der Waals surface area contributed by atoms with Gasteiger partial charge in [0, 0.05) is 12.1 Å². The summed E-state index contributed by atoms with van der Waals surface area (Å²) < 4.78 is 0. The molecule has 0 unspecified atom stereocenters. The molecule has 1 fully saturated rings. The normalized spacial score (nSPS) is 17.4. The van der Waals surface area contributed by atoms with Gasteiger partial charge in [-0.25, -0.2) is 0 Å². The smallest absolute Gasteiger partial charge is 0.0969 e. The molecule has 0 spiro atoms. The van der Waals surface area contributed by atoms with E-state index in [4.69, 9.17) is 0 Å². The molecule has 4 nitrogen and oxygen atoms in total. The Morgan fingerprint density at radius 3 is 2.72 bits per heavy atom. The summed E-state index contributed by atoms with van der Waals surface area (Å²) >= 11 is 0. The quantitative estimate of drug-likeness (QED) is 0.894. The lowest BCUT2D eigenvalue weighted by Crippen LogP contribution is -2.47. The average Bonchev–Trinajstić information content (AvgIpc) is 2.84. The van der Waals surface area contributed by atoms with E-state index in [2.05, 4.69) is 22.4 Å². The van der Waals surface area contributed by atoms with Crippen molar-refractivity contribution in [1.82, 2.24) is 20.3 Å². The van der Waals surface area contributed by atoms with Gasteiger partial charge < -0.3 is 5.32 Å². The van der Waals surface area contributed by atoms with Crippen LogP contribution < -0.4 is 5.32 Å². The summed E-state index contributed by atoms with van der Waals surface area (Å²) in [4.78, 5) is 1.68. The second-order valence-corrected chi connectivity index (χ2v) is 5.23. The number of hydrogen-bond donors (Lipinski definition) is 1. The van der Waals surface area contributed by atoms with Crippen molar-refractivity contribution >= 4 is 0 Å². The number of rotatable bonds is 4. The summed E-state index contributed by atoms with van der Waals surface area (Å²) in [7, 11) is 0. The molecule has 0 amide bonds. The summed E-state index contributed by atoms with van der Waals surface area (Å²) in [6.45, 7) is 3.07. The van der Waals surface area contributed by atoms with Crippen LogP contribution in [0.1, 0.15) is 31.9 Å². The fraction of sp³-hybridized carbons (Fsp3) is 0.429. The number of nitrogens with zero attached hydrogens (tertiary/aromatic N) is 3. The number of aromatic nitrogens is 3. The molecule has 94 valence electrons. The molecule has 1 heterocycles. The molecule has 3 rings (SSSR count). The molecule has 0 aliphatic heterocycles. The van der Waals surface area contributed by atoms with E-state index in [9.17, 15) is 0 Å². The van der Waals surface area contributed by atoms with E-state index in [0.717, 1.165) is 17.9 Å². The molecule has 1 aliphatic carbocycles. The maximum Gasteiger partial charge on any atom is 0.0969 e. The molecule has 4 heteroatoms. The molecule has 1 aromatic heterocycles. The third-order valence-electron chi connectivity index (χ3n) is 3.68. The van der Waals surface area contributed by atoms with Crippen molar-refractivity contribution in [2.24, 2.45) is 0 Å². The second-order valence-electron chi connectivity index (χ2n) is 5.23. The predicted octanol–water partition coefficient (Wildman–Crippen LogP) is 2.30. The van der Waals surface area contributed by atoms with Crippen LogP contribution in [-0.2, 0) is 6.54 Å². The van der Waals surface area contributed by atoms with Gasteiger partial charge in [-0.3, -0.25) is 0 Å². The van der Waals surface area contributed by atoms with Gasteiger partial charge in [0.15, 0.2) is 0 Å². The Labute approximate surface area is 107 Å². The van der Waals surface area contributed by atoms with Gasteiger partial charge >= 0.3 is 0 Å². The van der Waals surface area contributed by atoms with Gasteiger partial charge in [0.25, 0.3) is 0 Å². The minimum atomic E-state index is 0.316. The Balaban J connectivity index is 1.66. The molecule has 1 saturated carbocycles. The summed E-state index contributed by atoms with van der Waals surface area (Å²) in [6, 6.07) is 9.99. The Kier molecular flexibility index (Phi) is 2.88. The first-order valence-electron chi connectivity index (χ1n) is 6.47. The number of nitrogens with one attached hydrogen (secondary N) is 1. The van der Waals surface area contributed by atoms with E-state index in [1.807, 2.05) is 36.5 Å². The summed E-state index contributed by atoms with van der Waals surface area (Å²) in [5, 5.41) is 12.3. The third kappa shape index (κ3) is 2.29. The summed E-state index contributed by atoms with van der Waals surface area (Å²) in [5.41, 5.74) is 2.31. The van der Waals surface area contributed by atoms with Gasteiger partial charge in [0.2, 0.25) is 0 Å². The van der Waals surface area contributed by atoms with Crippen molar-refractivity contribution in [3.05, 3.63) is 42.2 Å². The highest BCUT2D eigenvalue weighted by Gasteiger charge is 2.30. The van der Waals surface area contributed by atoms with Crippen molar-refractivity contribution in [3.8, 4) is 5.69 Å². The molecule has 0 bridgehead atoms. The van der Waals surface area contributed by atoms with E-state index >= 15 is 0 Å². The van der Waals surface area contributed by atoms with Gasteiger partial charge in [-0.2, -0.15) is 15.0 Å². The van der Waals surface area contributed by atoms with Gasteiger partial charge in [-0.1, -0.05) is 18.2 Å². The van der Waals surface area contributed by atoms with Crippen molar-refractivity contribution in [3.63, 3.8) is 0 Å². The molecule has 0 radical (unpaired) electrons. The van der Waals surface area contributed by atoms with Crippen LogP contribution in [0.3, 0.4) is 0 Å². The zero-order valence-electron chi connectivity index (χ0n) is 10.6. The molecular weight excluding hydrogens is 224 g/mol. The molecule has 1 aliphatic rings. The lowest BCUT2D eigenvalue weighted by molar-refractivity contribution is 0.206. The molecule has 0 saturated heterocycles. The first-order valence-corrected chi connectivity index (χ1v) is 6.47. The van der Waals surface area contributed by atoms with Crippen molar-refractivity contribution < 1.29 is 0 Å². The fourth-order valence-electron chi connectivity index (χ4n) is 2.25. The topological polar surface area (TPSA) is 42.7 Å². The standard InChI is InChI=1S/C14H18N4/c1-14(8-5-9-14)15-10-12-11-16-18(17-12)13-6-3-2-4-7-13/h2-4,6-7,11,15H,5,8-10H2,1H3. The van der Waals surface area contributed by atoms with Crippen LogP contribution in [0, 0.1) is 0 Å². The maximum absolute atomic E-state index is 4.49. The summed E-state index contributed by atoms with van der Waals surface area (Å²) in [5.74, 6) is 0. The molecule has 1 aromatic carbocycles. The van der Waals surface area contributed by atoms with Gasteiger partial charge in [0.1, 0.15) is 0 Å². The van der Waals surface area contributed by atoms with Crippen LogP contribution in [0.15, 0.2) is 36.5 Å². The molecule has 0 atom stereocenters. The van der Waals surface area contributed by atoms with Crippen LogP contribution in [0.5, 0.6) is 0 Å². The Morgan fingerprint density at radius 2 is 2.06 bits per heavy atom. The van der Waals surface area contributed by atoms with Crippen LogP contribution in [0.25, 0.3) is 5.69 Å². The van der Waals surface area contributed by atoms with Crippen LogP contribution in [-0.4, -0.2) is 20.5 Å². The highest BCUT2D eigenvalue weighted by molar-refractivity contribution is 5.28. The van der Waals surface area contributed by atoms with Crippen LogP contribution >= 0.6 is 0 Å². The monoisotopic (exact) mass is 242 g/mol. The highest BCUT2D eigenvalue weighted by atomic mass is 15.5. The number of hydrogen-bond acceptors (Lipinski definition) is 3. The molecule has 2 aromatic rings. The lowest BCUT2D eigenvalue weighted by Gasteiger charge is -2.39. The Hall–Kier alpha value is -1.68. The van der Waals surface area contributed by atoms with Crippen molar-refractivity contribution in [1.29, 1.82) is 0 Å². The van der Waals surface area contributed by atoms with E-state index in [-0.39, 0.29) is 0 Å². The lowest BCUT2D eigenvalue weighted by atomic mass is 9.78. The zero-order chi connectivity index (χ0) is 12.4. The minimum absolute atomic E-state index is 0.316. The third-order valence-corrected chi connectivity index (χ3v) is 3.68. The minimum Gasteiger partial charge on any atom is -0.306 e. The van der Waals surface area contributed by atoms with Gasteiger partial charge in [0.05, 0.1) is 17.6 Å². The van der Waals surface area contributed by atoms with Gasteiger partial charge in [-0.05, 0) is 38.3 Å². The molecule has 18 heavy (non-hydrogen) atoms. The first-order chi connectivity index (χ1) is 8.75. The number of para-hydroxylation sites is 1. The number of benzene rings is 1. The Bertz CT molecular complexity index is 514. The second kappa shape index (κ2) is 4.53. The van der Waals surface area contributed by atoms with E-state index < -0.39 is 0 Å². The van der Waals surface area contributed by atoms with Crippen LogP contribution in [0.4, 0.5) is 0 Å². The average molecular weight is 242 g/mol. The SMILES string of the molecule is CC1(NCc2cnn(-c3ccccc3)n2)CCC1. The molecular formula is C14H18N4. The summed E-state index contributed by atoms with van der Waals surface area (Å²) in [6.07, 6.45) is 5.70. The van der Waals surface area contributed by atoms with Gasteiger partial charge in [-0.15, -0.1) is 0 Å². The van der Waals surface area contributed by atoms with Crippen LogP contribution in [0.2, 0.25) is 0 Å². The largest absolute Gasteiger partial charge is 0.306 e. The van der Waals surface area contributed by atoms with E-state index in [1.165, 1.54) is 19.3 Å².